The van der Waals surface area contributed by atoms with Gasteiger partial charge in [-0.2, -0.15) is 4.98 Å². The largest absolute Gasteiger partial charge is 0.506 e. The number of aromatic nitrogens is 3. The van der Waals surface area contributed by atoms with E-state index in [-0.39, 0.29) is 5.75 Å². The Morgan fingerprint density at radius 1 is 1.20 bits per heavy atom. The van der Waals surface area contributed by atoms with Gasteiger partial charge < -0.3 is 9.63 Å². The molecule has 0 saturated carbocycles. The molecule has 0 bridgehead atoms. The molecule has 2 aromatic heterocycles. The number of nitrogens with zero attached hydrogens (tertiary/aromatic N) is 3. The molecule has 0 unspecified atom stereocenters. The molecule has 20 heavy (non-hydrogen) atoms. The number of hydrogen-bond donors (Lipinski definition) is 1. The Morgan fingerprint density at radius 3 is 2.90 bits per heavy atom. The lowest BCUT2D eigenvalue weighted by molar-refractivity contribution is 0.423. The number of halogens is 1. The van der Waals surface area contributed by atoms with Crippen LogP contribution in [0.3, 0.4) is 0 Å². The van der Waals surface area contributed by atoms with Crippen LogP contribution in [0.5, 0.6) is 5.75 Å². The summed E-state index contributed by atoms with van der Waals surface area (Å²) in [6, 6.07) is 9.00. The Kier molecular flexibility index (Phi) is 3.35. The number of hydrogen-bond acceptors (Lipinski definition) is 5. The minimum atomic E-state index is 0.0529. The third-order valence-corrected chi connectivity index (χ3v) is 2.93. The fraction of sp³-hybridized carbons (Fsp3) is 0.0714. The second kappa shape index (κ2) is 5.30. The smallest absolute Gasteiger partial charge is 0.259 e. The van der Waals surface area contributed by atoms with E-state index in [0.29, 0.717) is 28.7 Å². The van der Waals surface area contributed by atoms with Gasteiger partial charge in [-0.25, -0.2) is 0 Å². The molecule has 0 radical (unpaired) electrons. The van der Waals surface area contributed by atoms with Crippen molar-refractivity contribution in [1.82, 2.24) is 15.1 Å². The van der Waals surface area contributed by atoms with Gasteiger partial charge in [-0.3, -0.25) is 4.98 Å². The molecule has 100 valence electrons. The summed E-state index contributed by atoms with van der Waals surface area (Å²) in [6.07, 6.45) is 3.42. The molecule has 1 N–H and O–H groups in total. The van der Waals surface area contributed by atoms with Crippen LogP contribution < -0.4 is 0 Å². The zero-order chi connectivity index (χ0) is 13.9. The first-order valence-electron chi connectivity index (χ1n) is 5.92. The summed E-state index contributed by atoms with van der Waals surface area (Å²) in [7, 11) is 0. The normalized spacial score (nSPS) is 10.7. The average molecular weight is 288 g/mol. The van der Waals surface area contributed by atoms with Crippen molar-refractivity contribution in [2.45, 2.75) is 6.42 Å². The Hall–Kier alpha value is -2.40. The lowest BCUT2D eigenvalue weighted by atomic mass is 10.1. The summed E-state index contributed by atoms with van der Waals surface area (Å²) in [5.41, 5.74) is 1.58. The van der Waals surface area contributed by atoms with E-state index in [1.807, 2.05) is 24.3 Å². The van der Waals surface area contributed by atoms with Gasteiger partial charge in [0.05, 0.1) is 11.8 Å². The molecule has 0 amide bonds. The SMILES string of the molecule is Oc1cncc(-c2nc(Cc3cccc(Cl)c3)no2)c1. The number of benzene rings is 1. The van der Waals surface area contributed by atoms with Gasteiger partial charge in [0, 0.05) is 17.6 Å². The molecule has 2 heterocycles. The van der Waals surface area contributed by atoms with Crippen LogP contribution in [-0.2, 0) is 6.42 Å². The maximum atomic E-state index is 9.38. The van der Waals surface area contributed by atoms with Gasteiger partial charge in [0.15, 0.2) is 5.82 Å². The molecule has 6 heteroatoms. The lowest BCUT2D eigenvalue weighted by Crippen LogP contribution is -1.90. The van der Waals surface area contributed by atoms with Crippen molar-refractivity contribution in [3.8, 4) is 17.2 Å². The minimum absolute atomic E-state index is 0.0529. The molecule has 0 saturated heterocycles. The highest BCUT2D eigenvalue weighted by Crippen LogP contribution is 2.21. The highest BCUT2D eigenvalue weighted by molar-refractivity contribution is 6.30. The summed E-state index contributed by atoms with van der Waals surface area (Å²) in [6.45, 7) is 0. The summed E-state index contributed by atoms with van der Waals surface area (Å²) in [5.74, 6) is 0.924. The predicted molar refractivity (Wildman–Crippen MR) is 73.5 cm³/mol. The van der Waals surface area contributed by atoms with Crippen LogP contribution in [0.1, 0.15) is 11.4 Å². The van der Waals surface area contributed by atoms with Gasteiger partial charge in [0.1, 0.15) is 5.75 Å². The predicted octanol–water partition coefficient (Wildman–Crippen LogP) is 3.08. The van der Waals surface area contributed by atoms with Crippen molar-refractivity contribution in [2.24, 2.45) is 0 Å². The van der Waals surface area contributed by atoms with Crippen LogP contribution in [0.25, 0.3) is 11.5 Å². The Morgan fingerprint density at radius 2 is 2.10 bits per heavy atom. The van der Waals surface area contributed by atoms with Crippen LogP contribution in [-0.4, -0.2) is 20.2 Å². The Balaban J connectivity index is 1.84. The van der Waals surface area contributed by atoms with Gasteiger partial charge in [-0.15, -0.1) is 0 Å². The molecule has 0 spiro atoms. The van der Waals surface area contributed by atoms with E-state index >= 15 is 0 Å². The van der Waals surface area contributed by atoms with Gasteiger partial charge in [0.2, 0.25) is 0 Å². The average Bonchev–Trinajstić information content (AvgIpc) is 2.87. The van der Waals surface area contributed by atoms with Crippen molar-refractivity contribution in [1.29, 1.82) is 0 Å². The van der Waals surface area contributed by atoms with Gasteiger partial charge >= 0.3 is 0 Å². The third kappa shape index (κ3) is 2.78. The molecule has 1 aromatic carbocycles. The standard InChI is InChI=1S/C14H10ClN3O2/c15-11-3-1-2-9(4-11)5-13-17-14(20-18-13)10-6-12(19)8-16-7-10/h1-4,6-8,19H,5H2. The van der Waals surface area contributed by atoms with Gasteiger partial charge in [-0.05, 0) is 23.8 Å². The quantitative estimate of drug-likeness (QED) is 0.801. The van der Waals surface area contributed by atoms with Crippen LogP contribution >= 0.6 is 11.6 Å². The Bertz CT molecular complexity index is 743. The number of aromatic hydroxyl groups is 1. The lowest BCUT2D eigenvalue weighted by Gasteiger charge is -1.96. The van der Waals surface area contributed by atoms with Crippen LogP contribution in [0.15, 0.2) is 47.2 Å². The molecule has 3 rings (SSSR count). The van der Waals surface area contributed by atoms with E-state index in [0.717, 1.165) is 5.56 Å². The molecule has 0 fully saturated rings. The Labute approximate surface area is 119 Å². The summed E-state index contributed by atoms with van der Waals surface area (Å²) in [4.78, 5) is 8.14. The van der Waals surface area contributed by atoms with Crippen molar-refractivity contribution in [2.75, 3.05) is 0 Å². The molecule has 0 aliphatic heterocycles. The zero-order valence-corrected chi connectivity index (χ0v) is 11.1. The zero-order valence-electron chi connectivity index (χ0n) is 10.3. The van der Waals surface area contributed by atoms with Crippen LogP contribution in [0.2, 0.25) is 5.02 Å². The van der Waals surface area contributed by atoms with Gasteiger partial charge in [-0.1, -0.05) is 28.9 Å². The second-order valence-electron chi connectivity index (χ2n) is 4.25. The summed E-state index contributed by atoms with van der Waals surface area (Å²) >= 11 is 5.93. The number of rotatable bonds is 3. The van der Waals surface area contributed by atoms with Gasteiger partial charge in [0.25, 0.3) is 5.89 Å². The highest BCUT2D eigenvalue weighted by atomic mass is 35.5. The fourth-order valence-corrected chi connectivity index (χ4v) is 2.03. The topological polar surface area (TPSA) is 72.0 Å². The van der Waals surface area contributed by atoms with Crippen molar-refractivity contribution in [3.63, 3.8) is 0 Å². The van der Waals surface area contributed by atoms with E-state index in [9.17, 15) is 5.11 Å². The van der Waals surface area contributed by atoms with Crippen molar-refractivity contribution < 1.29 is 9.63 Å². The van der Waals surface area contributed by atoms with E-state index in [1.165, 1.54) is 12.3 Å². The van der Waals surface area contributed by atoms with E-state index in [1.54, 1.807) is 6.20 Å². The monoisotopic (exact) mass is 287 g/mol. The van der Waals surface area contributed by atoms with Crippen LogP contribution in [0, 0.1) is 0 Å². The first-order chi connectivity index (χ1) is 9.70. The van der Waals surface area contributed by atoms with Crippen molar-refractivity contribution >= 4 is 11.6 Å². The fourth-order valence-electron chi connectivity index (χ4n) is 1.82. The molecule has 5 nitrogen and oxygen atoms in total. The number of pyridine rings is 1. The molecular formula is C14H10ClN3O2. The van der Waals surface area contributed by atoms with E-state index in [2.05, 4.69) is 15.1 Å². The molecule has 0 aliphatic carbocycles. The highest BCUT2D eigenvalue weighted by Gasteiger charge is 2.10. The third-order valence-electron chi connectivity index (χ3n) is 2.69. The molecule has 3 aromatic rings. The maximum Gasteiger partial charge on any atom is 0.259 e. The van der Waals surface area contributed by atoms with E-state index in [4.69, 9.17) is 16.1 Å². The first-order valence-corrected chi connectivity index (χ1v) is 6.30. The summed E-state index contributed by atoms with van der Waals surface area (Å²) in [5, 5.41) is 14.0. The molecular weight excluding hydrogens is 278 g/mol. The second-order valence-corrected chi connectivity index (χ2v) is 4.69. The van der Waals surface area contributed by atoms with Crippen LogP contribution in [0.4, 0.5) is 0 Å². The first kappa shape index (κ1) is 12.6. The minimum Gasteiger partial charge on any atom is -0.506 e. The maximum absolute atomic E-state index is 9.38. The summed E-state index contributed by atoms with van der Waals surface area (Å²) < 4.78 is 5.16. The molecule has 0 aliphatic rings. The molecule has 0 atom stereocenters. The van der Waals surface area contributed by atoms with Crippen molar-refractivity contribution in [3.05, 3.63) is 59.1 Å². The van der Waals surface area contributed by atoms with E-state index < -0.39 is 0 Å².